The molecule has 0 spiro atoms. The van der Waals surface area contributed by atoms with Gasteiger partial charge in [-0.05, 0) is 26.8 Å². The first-order chi connectivity index (χ1) is 6.99. The van der Waals surface area contributed by atoms with Crippen molar-refractivity contribution in [1.82, 2.24) is 14.8 Å². The van der Waals surface area contributed by atoms with E-state index in [0.717, 1.165) is 25.1 Å². The Bertz CT molecular complexity index is 328. The Morgan fingerprint density at radius 3 is 2.69 bits per heavy atom. The highest BCUT2D eigenvalue weighted by molar-refractivity contribution is 7.87. The lowest BCUT2D eigenvalue weighted by Crippen LogP contribution is -2.41. The molecule has 0 bridgehead atoms. The normalized spacial score (nSPS) is 16.8. The Balaban J connectivity index is 0.00000225. The van der Waals surface area contributed by atoms with Gasteiger partial charge in [-0.2, -0.15) is 17.9 Å². The van der Waals surface area contributed by atoms with Crippen molar-refractivity contribution in [2.75, 3.05) is 19.6 Å². The zero-order chi connectivity index (χ0) is 11.3. The molecule has 7 heteroatoms. The summed E-state index contributed by atoms with van der Waals surface area (Å²) in [4.78, 5) is 0. The number of rotatable bonds is 5. The molecule has 0 aromatic rings. The van der Waals surface area contributed by atoms with Gasteiger partial charge in [-0.25, -0.2) is 0 Å². The van der Waals surface area contributed by atoms with Gasteiger partial charge in [0.1, 0.15) is 0 Å². The minimum absolute atomic E-state index is 0. The van der Waals surface area contributed by atoms with Gasteiger partial charge in [0, 0.05) is 19.1 Å². The van der Waals surface area contributed by atoms with Crippen molar-refractivity contribution in [3.05, 3.63) is 11.6 Å². The average Bonchev–Trinajstić information content (AvgIpc) is 2.15. The van der Waals surface area contributed by atoms with Gasteiger partial charge in [-0.1, -0.05) is 11.6 Å². The molecule has 16 heavy (non-hydrogen) atoms. The smallest absolute Gasteiger partial charge is 0.277 e. The SMILES string of the molecule is CC(C)NS(=O)(=O)NCC1=CCNCC1.Cl. The zero-order valence-corrected chi connectivity index (χ0v) is 11.2. The Morgan fingerprint density at radius 1 is 1.50 bits per heavy atom. The third kappa shape index (κ3) is 6.44. The zero-order valence-electron chi connectivity index (χ0n) is 9.62. The first-order valence-electron chi connectivity index (χ1n) is 5.15. The van der Waals surface area contributed by atoms with E-state index in [1.807, 2.05) is 6.08 Å². The molecule has 1 aliphatic rings. The lowest BCUT2D eigenvalue weighted by atomic mass is 10.1. The second-order valence-corrected chi connectivity index (χ2v) is 5.44. The quantitative estimate of drug-likeness (QED) is 0.623. The second-order valence-electron chi connectivity index (χ2n) is 3.91. The van der Waals surface area contributed by atoms with Gasteiger partial charge >= 0.3 is 0 Å². The maximum Gasteiger partial charge on any atom is 0.277 e. The molecule has 0 fully saturated rings. The maximum absolute atomic E-state index is 11.4. The fourth-order valence-electron chi connectivity index (χ4n) is 1.37. The van der Waals surface area contributed by atoms with Crippen LogP contribution in [0.3, 0.4) is 0 Å². The van der Waals surface area contributed by atoms with E-state index in [-0.39, 0.29) is 18.4 Å². The van der Waals surface area contributed by atoms with E-state index in [1.54, 1.807) is 13.8 Å². The first kappa shape index (κ1) is 15.9. The molecule has 3 N–H and O–H groups in total. The summed E-state index contributed by atoms with van der Waals surface area (Å²) in [6.07, 6.45) is 2.94. The van der Waals surface area contributed by atoms with Gasteiger partial charge in [0.25, 0.3) is 10.2 Å². The van der Waals surface area contributed by atoms with Gasteiger partial charge in [-0.15, -0.1) is 12.4 Å². The molecular formula is C9H20ClN3O2S. The Kier molecular flexibility index (Phi) is 7.17. The van der Waals surface area contributed by atoms with Crippen LogP contribution in [0.1, 0.15) is 20.3 Å². The summed E-state index contributed by atoms with van der Waals surface area (Å²) in [6, 6.07) is -0.0792. The summed E-state index contributed by atoms with van der Waals surface area (Å²) in [5.41, 5.74) is 1.14. The van der Waals surface area contributed by atoms with E-state index in [0.29, 0.717) is 6.54 Å². The summed E-state index contributed by atoms with van der Waals surface area (Å²) < 4.78 is 27.8. The van der Waals surface area contributed by atoms with Crippen molar-refractivity contribution >= 4 is 22.6 Å². The third-order valence-corrected chi connectivity index (χ3v) is 3.34. The molecule has 0 amide bonds. The summed E-state index contributed by atoms with van der Waals surface area (Å²) >= 11 is 0. The van der Waals surface area contributed by atoms with Crippen molar-refractivity contribution in [2.24, 2.45) is 0 Å². The van der Waals surface area contributed by atoms with E-state index < -0.39 is 10.2 Å². The van der Waals surface area contributed by atoms with Crippen molar-refractivity contribution in [2.45, 2.75) is 26.3 Å². The van der Waals surface area contributed by atoms with Gasteiger partial charge in [0.2, 0.25) is 0 Å². The van der Waals surface area contributed by atoms with Crippen LogP contribution in [0, 0.1) is 0 Å². The summed E-state index contributed by atoms with van der Waals surface area (Å²) in [7, 11) is -3.34. The Hall–Kier alpha value is -0.140. The van der Waals surface area contributed by atoms with E-state index in [4.69, 9.17) is 0 Å². The highest BCUT2D eigenvalue weighted by Gasteiger charge is 2.12. The van der Waals surface area contributed by atoms with Gasteiger partial charge in [-0.3, -0.25) is 0 Å². The number of hydrogen-bond donors (Lipinski definition) is 3. The molecule has 0 atom stereocenters. The van der Waals surface area contributed by atoms with E-state index in [9.17, 15) is 8.42 Å². The number of nitrogens with one attached hydrogen (secondary N) is 3. The molecule has 1 rings (SSSR count). The summed E-state index contributed by atoms with van der Waals surface area (Å²) in [6.45, 7) is 5.75. The van der Waals surface area contributed by atoms with Gasteiger partial charge < -0.3 is 5.32 Å². The molecule has 96 valence electrons. The largest absolute Gasteiger partial charge is 0.313 e. The fraction of sp³-hybridized carbons (Fsp3) is 0.778. The van der Waals surface area contributed by atoms with Gasteiger partial charge in [0.05, 0.1) is 0 Å². The topological polar surface area (TPSA) is 70.2 Å². The van der Waals surface area contributed by atoms with Crippen LogP contribution in [0.4, 0.5) is 0 Å². The molecule has 0 unspecified atom stereocenters. The average molecular weight is 270 g/mol. The molecule has 0 saturated heterocycles. The monoisotopic (exact) mass is 269 g/mol. The van der Waals surface area contributed by atoms with Crippen LogP contribution in [0.2, 0.25) is 0 Å². The molecule has 0 aromatic heterocycles. The van der Waals surface area contributed by atoms with Crippen molar-refractivity contribution in [3.8, 4) is 0 Å². The Labute approximate surface area is 104 Å². The molecule has 5 nitrogen and oxygen atoms in total. The molecule has 1 heterocycles. The predicted octanol–water partition coefficient (Wildman–Crippen LogP) is 0.160. The first-order valence-corrected chi connectivity index (χ1v) is 6.63. The molecule has 0 aromatic carbocycles. The minimum atomic E-state index is -3.34. The van der Waals surface area contributed by atoms with Crippen LogP contribution < -0.4 is 14.8 Å². The minimum Gasteiger partial charge on any atom is -0.313 e. The lowest BCUT2D eigenvalue weighted by Gasteiger charge is -2.15. The number of hydrogen-bond acceptors (Lipinski definition) is 3. The maximum atomic E-state index is 11.4. The van der Waals surface area contributed by atoms with Crippen LogP contribution in [0.15, 0.2) is 11.6 Å². The van der Waals surface area contributed by atoms with Crippen molar-refractivity contribution in [1.29, 1.82) is 0 Å². The molecular weight excluding hydrogens is 250 g/mol. The van der Waals surface area contributed by atoms with Crippen molar-refractivity contribution in [3.63, 3.8) is 0 Å². The van der Waals surface area contributed by atoms with Crippen LogP contribution >= 0.6 is 12.4 Å². The van der Waals surface area contributed by atoms with Crippen LogP contribution in [0.5, 0.6) is 0 Å². The molecule has 0 radical (unpaired) electrons. The van der Waals surface area contributed by atoms with Crippen LogP contribution in [0.25, 0.3) is 0 Å². The fourth-order valence-corrected chi connectivity index (χ4v) is 2.45. The van der Waals surface area contributed by atoms with Crippen LogP contribution in [-0.4, -0.2) is 34.1 Å². The van der Waals surface area contributed by atoms with Gasteiger partial charge in [0.15, 0.2) is 0 Å². The second kappa shape index (κ2) is 7.24. The predicted molar refractivity (Wildman–Crippen MR) is 68.0 cm³/mol. The third-order valence-electron chi connectivity index (χ3n) is 2.04. The van der Waals surface area contributed by atoms with E-state index in [2.05, 4.69) is 14.8 Å². The highest BCUT2D eigenvalue weighted by Crippen LogP contribution is 2.02. The van der Waals surface area contributed by atoms with E-state index in [1.165, 1.54) is 0 Å². The molecule has 0 saturated carbocycles. The van der Waals surface area contributed by atoms with Crippen LogP contribution in [-0.2, 0) is 10.2 Å². The number of halogens is 1. The standard InChI is InChI=1S/C9H19N3O2S.ClH/c1-8(2)12-15(13,14)11-7-9-3-5-10-6-4-9;/h3,8,10-12H,4-7H2,1-2H3;1H. The highest BCUT2D eigenvalue weighted by atomic mass is 35.5. The lowest BCUT2D eigenvalue weighted by molar-refractivity contribution is 0.556. The summed E-state index contributed by atoms with van der Waals surface area (Å²) in [5, 5.41) is 3.17. The molecule has 1 aliphatic heterocycles. The summed E-state index contributed by atoms with van der Waals surface area (Å²) in [5.74, 6) is 0. The molecule has 0 aliphatic carbocycles. The van der Waals surface area contributed by atoms with E-state index >= 15 is 0 Å². The Morgan fingerprint density at radius 2 is 2.19 bits per heavy atom. The van der Waals surface area contributed by atoms with Crippen molar-refractivity contribution < 1.29 is 8.42 Å².